The summed E-state index contributed by atoms with van der Waals surface area (Å²) in [4.78, 5) is 55.5. The molecule has 16 nitrogen and oxygen atoms in total. The van der Waals surface area contributed by atoms with Crippen molar-refractivity contribution in [2.75, 3.05) is 45.7 Å². The molecule has 0 unspecified atom stereocenters. The number of hydrogen-bond acceptors (Lipinski definition) is 11. The number of carbonyl (C=O) groups is 3. The van der Waals surface area contributed by atoms with Crippen LogP contribution in [0.3, 0.4) is 0 Å². The minimum atomic E-state index is -4.31. The monoisotopic (exact) mass is 738 g/mol. The van der Waals surface area contributed by atoms with Crippen LogP contribution in [0, 0.1) is 13.8 Å². The molecule has 2 heterocycles. The number of methoxy groups -OCH3 is 1. The highest BCUT2D eigenvalue weighted by atomic mass is 32.2. The first-order valence-electron chi connectivity index (χ1n) is 16.6. The Morgan fingerprint density at radius 2 is 1.73 bits per heavy atom. The van der Waals surface area contributed by atoms with Gasteiger partial charge in [0, 0.05) is 70.7 Å². The van der Waals surface area contributed by atoms with Gasteiger partial charge in [-0.15, -0.1) is 0 Å². The first kappa shape index (κ1) is 39.5. The van der Waals surface area contributed by atoms with Crippen LogP contribution in [0.1, 0.15) is 39.9 Å². The van der Waals surface area contributed by atoms with Crippen LogP contribution in [0.2, 0.25) is 0 Å². The highest BCUT2D eigenvalue weighted by Gasteiger charge is 2.30. The molecule has 0 saturated heterocycles. The standard InChI is InChI=1S/C35H46N8O8S/c1-22-16-25(51-15-7-8-30(44)37-12-11-36-3)17-23(2)32(22)52(48,49)41-28(34(47)50-6)20-39-33(46)27-21-43(5)29-18-24(9-10-26(29)31(27)45)19-40-35-38-13-14-42(35)4/h9-10,13-14,16-18,21,28,36,41H,7-8,11-12,15,19-20H2,1-6H3,(H,37,44)(H,38,40)(H,39,46)/t28-/m0/s1. The van der Waals surface area contributed by atoms with Gasteiger partial charge in [0.15, 0.2) is 0 Å². The van der Waals surface area contributed by atoms with Crippen molar-refractivity contribution in [2.45, 2.75) is 44.2 Å². The fourth-order valence-corrected chi connectivity index (χ4v) is 7.26. The number of aromatic nitrogens is 3. The van der Waals surface area contributed by atoms with E-state index in [0.29, 0.717) is 59.8 Å². The molecule has 2 aromatic carbocycles. The number of pyridine rings is 1. The molecule has 0 bridgehead atoms. The van der Waals surface area contributed by atoms with Crippen LogP contribution < -0.4 is 36.2 Å². The molecular weight excluding hydrogens is 692 g/mol. The first-order valence-corrected chi connectivity index (χ1v) is 18.1. The van der Waals surface area contributed by atoms with Gasteiger partial charge in [0.05, 0.1) is 24.1 Å². The minimum absolute atomic E-state index is 0.0677. The number of amides is 2. The number of nitrogens with one attached hydrogen (secondary N) is 5. The van der Waals surface area contributed by atoms with Crippen molar-refractivity contribution in [3.05, 3.63) is 81.4 Å². The SMILES string of the molecule is CNCCNC(=O)CCCOc1cc(C)c(S(=O)(=O)N[C@@H](CNC(=O)c2cn(C)c3cc(CNc4nccn4C)ccc3c2=O)C(=O)OC)c(C)c1. The predicted octanol–water partition coefficient (Wildman–Crippen LogP) is 1.25. The quantitative estimate of drug-likeness (QED) is 0.0726. The third-order valence-corrected chi connectivity index (χ3v) is 10.0. The minimum Gasteiger partial charge on any atom is -0.494 e. The van der Waals surface area contributed by atoms with Crippen LogP contribution in [0.25, 0.3) is 10.9 Å². The summed E-state index contributed by atoms with van der Waals surface area (Å²) < 4.78 is 43.6. The van der Waals surface area contributed by atoms with Crippen molar-refractivity contribution in [3.8, 4) is 5.75 Å². The summed E-state index contributed by atoms with van der Waals surface area (Å²) >= 11 is 0. The Morgan fingerprint density at radius 1 is 1.00 bits per heavy atom. The van der Waals surface area contributed by atoms with E-state index in [0.717, 1.165) is 12.7 Å². The number of hydrogen-bond donors (Lipinski definition) is 5. The number of anilines is 1. The Bertz CT molecular complexity index is 2070. The van der Waals surface area contributed by atoms with E-state index in [9.17, 15) is 27.6 Å². The Labute approximate surface area is 302 Å². The van der Waals surface area contributed by atoms with Crippen molar-refractivity contribution < 1.29 is 32.3 Å². The first-order chi connectivity index (χ1) is 24.7. The van der Waals surface area contributed by atoms with E-state index in [4.69, 9.17) is 9.47 Å². The number of likely N-dealkylation sites (N-methyl/N-ethyl adjacent to an activating group) is 1. The molecule has 2 amide bonds. The van der Waals surface area contributed by atoms with Gasteiger partial charge >= 0.3 is 5.97 Å². The van der Waals surface area contributed by atoms with Crippen LogP contribution in [-0.2, 0) is 45.0 Å². The number of esters is 1. The summed E-state index contributed by atoms with van der Waals surface area (Å²) in [5, 5.41) is 11.8. The molecule has 4 aromatic rings. The molecule has 4 rings (SSSR count). The number of sulfonamides is 1. The van der Waals surface area contributed by atoms with E-state index in [2.05, 4.69) is 31.0 Å². The zero-order valence-electron chi connectivity index (χ0n) is 30.2. The van der Waals surface area contributed by atoms with Gasteiger partial charge in [-0.05, 0) is 68.3 Å². The fourth-order valence-electron chi connectivity index (χ4n) is 5.62. The smallest absolute Gasteiger partial charge is 0.325 e. The van der Waals surface area contributed by atoms with Crippen molar-refractivity contribution >= 4 is 44.7 Å². The molecule has 280 valence electrons. The summed E-state index contributed by atoms with van der Waals surface area (Å²) in [5.41, 5.74) is 1.50. The lowest BCUT2D eigenvalue weighted by Crippen LogP contribution is -2.49. The second-order valence-electron chi connectivity index (χ2n) is 12.2. The number of fused-ring (bicyclic) bond motifs is 1. The Kier molecular flexibility index (Phi) is 13.5. The number of rotatable bonds is 18. The van der Waals surface area contributed by atoms with E-state index in [1.54, 1.807) is 63.0 Å². The number of carbonyl (C=O) groups excluding carboxylic acids is 3. The zero-order valence-corrected chi connectivity index (χ0v) is 31.0. The van der Waals surface area contributed by atoms with Gasteiger partial charge in [-0.1, -0.05) is 6.07 Å². The lowest BCUT2D eigenvalue weighted by Gasteiger charge is -2.20. The topological polar surface area (TPSA) is 204 Å². The molecule has 0 radical (unpaired) electrons. The summed E-state index contributed by atoms with van der Waals surface area (Å²) in [7, 11) is 2.15. The molecule has 1 atom stereocenters. The van der Waals surface area contributed by atoms with Crippen molar-refractivity contribution in [3.63, 3.8) is 0 Å². The van der Waals surface area contributed by atoms with Gasteiger partial charge < -0.3 is 39.9 Å². The van der Waals surface area contributed by atoms with E-state index < -0.39 is 39.9 Å². The molecule has 0 fully saturated rings. The molecule has 0 spiro atoms. The fraction of sp³-hybridized carbons (Fsp3) is 0.400. The van der Waals surface area contributed by atoms with Crippen molar-refractivity contribution in [2.24, 2.45) is 14.1 Å². The van der Waals surface area contributed by atoms with Crippen LogP contribution in [0.15, 0.2) is 58.6 Å². The highest BCUT2D eigenvalue weighted by molar-refractivity contribution is 7.89. The van der Waals surface area contributed by atoms with Crippen LogP contribution in [-0.4, -0.2) is 86.8 Å². The number of imidazole rings is 1. The summed E-state index contributed by atoms with van der Waals surface area (Å²) in [6.45, 7) is 4.59. The molecule has 0 aliphatic heterocycles. The van der Waals surface area contributed by atoms with Gasteiger partial charge in [0.25, 0.3) is 5.91 Å². The van der Waals surface area contributed by atoms with E-state index in [-0.39, 0.29) is 29.4 Å². The van der Waals surface area contributed by atoms with Gasteiger partial charge in [-0.25, -0.2) is 13.4 Å². The van der Waals surface area contributed by atoms with Gasteiger partial charge in [0.2, 0.25) is 27.3 Å². The highest BCUT2D eigenvalue weighted by Crippen LogP contribution is 2.26. The molecule has 2 aromatic heterocycles. The molecule has 52 heavy (non-hydrogen) atoms. The third kappa shape index (κ3) is 9.95. The molecule has 0 aliphatic rings. The average Bonchev–Trinajstić information content (AvgIpc) is 3.52. The zero-order chi connectivity index (χ0) is 38.0. The van der Waals surface area contributed by atoms with Gasteiger partial charge in [0.1, 0.15) is 17.4 Å². The van der Waals surface area contributed by atoms with Gasteiger partial charge in [-0.2, -0.15) is 4.72 Å². The Hall–Kier alpha value is -5.26. The predicted molar refractivity (Wildman–Crippen MR) is 196 cm³/mol. The maximum atomic E-state index is 13.6. The third-order valence-electron chi connectivity index (χ3n) is 8.24. The van der Waals surface area contributed by atoms with E-state index in [1.165, 1.54) is 6.20 Å². The molecule has 5 N–H and O–H groups in total. The second kappa shape index (κ2) is 17.8. The Balaban J connectivity index is 1.42. The van der Waals surface area contributed by atoms with Crippen molar-refractivity contribution in [1.82, 2.24) is 34.8 Å². The maximum Gasteiger partial charge on any atom is 0.325 e. The normalized spacial score (nSPS) is 12.0. The van der Waals surface area contributed by atoms with Crippen LogP contribution in [0.4, 0.5) is 5.95 Å². The number of nitrogens with zero attached hydrogens (tertiary/aromatic N) is 3. The molecule has 0 saturated carbocycles. The number of ether oxygens (including phenoxy) is 2. The lowest BCUT2D eigenvalue weighted by molar-refractivity contribution is -0.142. The summed E-state index contributed by atoms with van der Waals surface area (Å²) in [6, 6.07) is 6.86. The second-order valence-corrected chi connectivity index (χ2v) is 13.9. The summed E-state index contributed by atoms with van der Waals surface area (Å²) in [5.74, 6) is -0.703. The Morgan fingerprint density at radius 3 is 2.38 bits per heavy atom. The maximum absolute atomic E-state index is 13.6. The van der Waals surface area contributed by atoms with Gasteiger partial charge in [-0.3, -0.25) is 19.2 Å². The van der Waals surface area contributed by atoms with E-state index in [1.807, 2.05) is 23.9 Å². The molecule has 0 aliphatic carbocycles. The number of benzene rings is 2. The molecular formula is C35H46N8O8S. The lowest BCUT2D eigenvalue weighted by atomic mass is 10.1. The summed E-state index contributed by atoms with van der Waals surface area (Å²) in [6.07, 6.45) is 5.64. The average molecular weight is 739 g/mol. The van der Waals surface area contributed by atoms with Crippen LogP contribution >= 0.6 is 0 Å². The van der Waals surface area contributed by atoms with Crippen LogP contribution in [0.5, 0.6) is 5.75 Å². The van der Waals surface area contributed by atoms with Crippen molar-refractivity contribution in [1.29, 1.82) is 0 Å². The molecule has 17 heteroatoms. The number of aryl methyl sites for hydroxylation is 4. The van der Waals surface area contributed by atoms with E-state index >= 15 is 0 Å². The largest absolute Gasteiger partial charge is 0.494 e.